The van der Waals surface area contributed by atoms with E-state index in [1.807, 2.05) is 4.68 Å². The monoisotopic (exact) mass is 303 g/mol. The summed E-state index contributed by atoms with van der Waals surface area (Å²) in [5, 5.41) is 12.8. The molecule has 1 aromatic heterocycles. The summed E-state index contributed by atoms with van der Waals surface area (Å²) in [6, 6.07) is 9.15. The van der Waals surface area contributed by atoms with Gasteiger partial charge in [-0.05, 0) is 40.8 Å². The Morgan fingerprint density at radius 2 is 2.10 bits per heavy atom. The van der Waals surface area contributed by atoms with Crippen LogP contribution in [-0.2, 0) is 6.42 Å². The van der Waals surface area contributed by atoms with Gasteiger partial charge in [-0.25, -0.2) is 4.68 Å². The summed E-state index contributed by atoms with van der Waals surface area (Å²) in [5.74, 6) is 0.792. The van der Waals surface area contributed by atoms with Gasteiger partial charge in [0.25, 0.3) is 0 Å². The third kappa shape index (κ3) is 3.63. The van der Waals surface area contributed by atoms with Gasteiger partial charge in [0.2, 0.25) is 5.16 Å². The van der Waals surface area contributed by atoms with E-state index in [2.05, 4.69) is 46.7 Å². The van der Waals surface area contributed by atoms with Crippen LogP contribution >= 0.6 is 11.8 Å². The lowest BCUT2D eigenvalue weighted by Crippen LogP contribution is -2.13. The molecule has 6 heteroatoms. The largest absolute Gasteiger partial charge is 0.323 e. The molecule has 1 aromatic carbocycles. The zero-order valence-corrected chi connectivity index (χ0v) is 13.1. The molecule has 1 atom stereocenters. The Balaban J connectivity index is 1.58. The van der Waals surface area contributed by atoms with Gasteiger partial charge in [0.1, 0.15) is 0 Å². The lowest BCUT2D eigenvalue weighted by molar-refractivity contribution is 0.565. The minimum absolute atomic E-state index is 0.00929. The van der Waals surface area contributed by atoms with Crippen molar-refractivity contribution in [1.29, 1.82) is 0 Å². The topological polar surface area (TPSA) is 69.6 Å². The highest BCUT2D eigenvalue weighted by molar-refractivity contribution is 7.99. The number of tetrazole rings is 1. The van der Waals surface area contributed by atoms with Crippen LogP contribution in [0.1, 0.15) is 49.4 Å². The van der Waals surface area contributed by atoms with Crippen LogP contribution in [0.25, 0.3) is 0 Å². The first kappa shape index (κ1) is 14.5. The number of aryl methyl sites for hydroxylation is 1. The van der Waals surface area contributed by atoms with Gasteiger partial charge >= 0.3 is 0 Å². The molecule has 2 N–H and O–H groups in total. The Morgan fingerprint density at radius 3 is 2.76 bits per heavy atom. The molecule has 21 heavy (non-hydrogen) atoms. The number of hydrogen-bond donors (Lipinski definition) is 1. The van der Waals surface area contributed by atoms with Gasteiger partial charge < -0.3 is 5.73 Å². The van der Waals surface area contributed by atoms with E-state index in [9.17, 15) is 0 Å². The fourth-order valence-corrected chi connectivity index (χ4v) is 3.24. The average molecular weight is 303 g/mol. The fourth-order valence-electron chi connectivity index (χ4n) is 2.31. The molecule has 0 radical (unpaired) electrons. The minimum atomic E-state index is 0.00929. The van der Waals surface area contributed by atoms with Gasteiger partial charge in [-0.15, -0.1) is 5.10 Å². The molecular formula is C15H21N5S. The molecule has 0 aliphatic heterocycles. The Kier molecular flexibility index (Phi) is 4.55. The maximum absolute atomic E-state index is 6.28. The Hall–Kier alpha value is -1.40. The van der Waals surface area contributed by atoms with Crippen LogP contribution in [0.4, 0.5) is 0 Å². The second-order valence-electron chi connectivity index (χ2n) is 5.55. The number of benzene rings is 1. The number of thioether (sulfide) groups is 1. The molecule has 112 valence electrons. The molecule has 5 nitrogen and oxygen atoms in total. The normalized spacial score (nSPS) is 16.1. The first-order chi connectivity index (χ1) is 10.3. The van der Waals surface area contributed by atoms with E-state index in [-0.39, 0.29) is 6.04 Å². The molecule has 3 rings (SSSR count). The molecule has 0 spiro atoms. The third-order valence-corrected chi connectivity index (χ3v) is 4.75. The summed E-state index contributed by atoms with van der Waals surface area (Å²) >= 11 is 1.64. The molecule has 0 bridgehead atoms. The van der Waals surface area contributed by atoms with Crippen LogP contribution in [0.2, 0.25) is 0 Å². The van der Waals surface area contributed by atoms with Gasteiger partial charge in [0, 0.05) is 11.8 Å². The van der Waals surface area contributed by atoms with Crippen molar-refractivity contribution < 1.29 is 0 Å². The van der Waals surface area contributed by atoms with E-state index < -0.39 is 0 Å². The van der Waals surface area contributed by atoms with Crippen molar-refractivity contribution in [2.45, 2.75) is 49.8 Å². The number of hydrogen-bond acceptors (Lipinski definition) is 5. The van der Waals surface area contributed by atoms with Crippen molar-refractivity contribution in [3.05, 3.63) is 35.4 Å². The molecule has 1 saturated carbocycles. The predicted octanol–water partition coefficient (Wildman–Crippen LogP) is 2.75. The van der Waals surface area contributed by atoms with Crippen molar-refractivity contribution in [3.8, 4) is 0 Å². The molecule has 0 amide bonds. The Bertz CT molecular complexity index is 576. The maximum Gasteiger partial charge on any atom is 0.209 e. The van der Waals surface area contributed by atoms with Gasteiger partial charge in [-0.2, -0.15) is 0 Å². The Morgan fingerprint density at radius 1 is 1.33 bits per heavy atom. The molecular weight excluding hydrogens is 282 g/mol. The quantitative estimate of drug-likeness (QED) is 0.796. The van der Waals surface area contributed by atoms with Gasteiger partial charge in [-0.3, -0.25) is 0 Å². The van der Waals surface area contributed by atoms with Crippen molar-refractivity contribution in [2.24, 2.45) is 5.73 Å². The fraction of sp³-hybridized carbons (Fsp3) is 0.533. The zero-order valence-electron chi connectivity index (χ0n) is 12.3. The molecule has 2 aromatic rings. The highest BCUT2D eigenvalue weighted by atomic mass is 32.2. The predicted molar refractivity (Wildman–Crippen MR) is 84.2 cm³/mol. The number of rotatable bonds is 7. The van der Waals surface area contributed by atoms with Crippen molar-refractivity contribution >= 4 is 11.8 Å². The summed E-state index contributed by atoms with van der Waals surface area (Å²) in [4.78, 5) is 0. The van der Waals surface area contributed by atoms with Crippen LogP contribution in [0, 0.1) is 0 Å². The zero-order chi connectivity index (χ0) is 14.7. The van der Waals surface area contributed by atoms with E-state index >= 15 is 0 Å². The van der Waals surface area contributed by atoms with Crippen molar-refractivity contribution in [1.82, 2.24) is 20.2 Å². The van der Waals surface area contributed by atoms with E-state index in [0.29, 0.717) is 6.04 Å². The van der Waals surface area contributed by atoms with Crippen molar-refractivity contribution in [3.63, 3.8) is 0 Å². The lowest BCUT2D eigenvalue weighted by Gasteiger charge is -2.12. The van der Waals surface area contributed by atoms with Crippen LogP contribution in [0.15, 0.2) is 29.4 Å². The highest BCUT2D eigenvalue weighted by Gasteiger charge is 2.28. The molecule has 1 heterocycles. The SMILES string of the molecule is CCCc1ccc(C(N)CSc2nnnn2C2CC2)cc1. The standard InChI is InChI=1S/C15H21N5S/c1-2-3-11-4-6-12(7-5-11)14(16)10-21-15-17-18-19-20(15)13-8-9-13/h4-7,13-14H,2-3,8-10,16H2,1H3. The van der Waals surface area contributed by atoms with Crippen molar-refractivity contribution in [2.75, 3.05) is 5.75 Å². The van der Waals surface area contributed by atoms with Gasteiger partial charge in [-0.1, -0.05) is 49.4 Å². The van der Waals surface area contributed by atoms with Crippen LogP contribution in [-0.4, -0.2) is 26.0 Å². The first-order valence-corrected chi connectivity index (χ1v) is 8.51. The second kappa shape index (κ2) is 6.58. The van der Waals surface area contributed by atoms with Gasteiger partial charge in [0.15, 0.2) is 0 Å². The number of nitrogens with zero attached hydrogens (tertiary/aromatic N) is 4. The first-order valence-electron chi connectivity index (χ1n) is 7.53. The lowest BCUT2D eigenvalue weighted by atomic mass is 10.0. The summed E-state index contributed by atoms with van der Waals surface area (Å²) in [7, 11) is 0. The molecule has 1 unspecified atom stereocenters. The van der Waals surface area contributed by atoms with Crippen LogP contribution < -0.4 is 5.73 Å². The van der Waals surface area contributed by atoms with E-state index in [4.69, 9.17) is 5.73 Å². The smallest absolute Gasteiger partial charge is 0.209 e. The number of nitrogens with two attached hydrogens (primary N) is 1. The Labute approximate surface area is 129 Å². The minimum Gasteiger partial charge on any atom is -0.323 e. The van der Waals surface area contributed by atoms with E-state index in [1.165, 1.54) is 30.4 Å². The summed E-state index contributed by atoms with van der Waals surface area (Å²) < 4.78 is 1.93. The second-order valence-corrected chi connectivity index (χ2v) is 6.53. The summed E-state index contributed by atoms with van der Waals surface area (Å²) in [6.45, 7) is 2.19. The maximum atomic E-state index is 6.28. The molecule has 1 aliphatic carbocycles. The number of aromatic nitrogens is 4. The third-order valence-electron chi connectivity index (χ3n) is 3.69. The molecule has 1 fully saturated rings. The summed E-state index contributed by atoms with van der Waals surface area (Å²) in [5.41, 5.74) is 8.83. The van der Waals surface area contributed by atoms with E-state index in [0.717, 1.165) is 17.3 Å². The average Bonchev–Trinajstić information content (AvgIpc) is 3.24. The van der Waals surface area contributed by atoms with E-state index in [1.54, 1.807) is 11.8 Å². The highest BCUT2D eigenvalue weighted by Crippen LogP contribution is 2.36. The summed E-state index contributed by atoms with van der Waals surface area (Å²) in [6.07, 6.45) is 4.67. The van der Waals surface area contributed by atoms with Gasteiger partial charge in [0.05, 0.1) is 6.04 Å². The molecule has 1 aliphatic rings. The van der Waals surface area contributed by atoms with Crippen LogP contribution in [0.3, 0.4) is 0 Å². The van der Waals surface area contributed by atoms with Crippen LogP contribution in [0.5, 0.6) is 0 Å². The molecule has 0 saturated heterocycles.